The number of unbranched alkanes of at least 4 members (excludes halogenated alkanes) is 3. The van der Waals surface area contributed by atoms with Crippen molar-refractivity contribution in [3.8, 4) is 17.2 Å². The highest BCUT2D eigenvalue weighted by molar-refractivity contribution is 5.96. The summed E-state index contributed by atoms with van der Waals surface area (Å²) in [5, 5.41) is 7.93. The second-order valence-electron chi connectivity index (χ2n) is 14.7. The van der Waals surface area contributed by atoms with Gasteiger partial charge in [-0.2, -0.15) is 5.10 Å². The molecule has 3 heterocycles. The Kier molecular flexibility index (Phi) is 26.7. The molecule has 10 heteroatoms. The third kappa shape index (κ3) is 18.7. The van der Waals surface area contributed by atoms with Crippen molar-refractivity contribution >= 4 is 33.8 Å². The van der Waals surface area contributed by atoms with Crippen LogP contribution in [-0.4, -0.2) is 37.0 Å². The normalized spacial score (nSPS) is 12.0. The lowest BCUT2D eigenvalue weighted by Gasteiger charge is -2.19. The summed E-state index contributed by atoms with van der Waals surface area (Å²) in [6.07, 6.45) is 19.1. The van der Waals surface area contributed by atoms with Crippen molar-refractivity contribution in [2.45, 2.75) is 148 Å². The van der Waals surface area contributed by atoms with E-state index in [1.165, 1.54) is 50.8 Å². The van der Waals surface area contributed by atoms with Gasteiger partial charge < -0.3 is 14.8 Å². The van der Waals surface area contributed by atoms with Crippen LogP contribution in [0.15, 0.2) is 73.5 Å². The number of hydrogen-bond donors (Lipinski definition) is 1. The summed E-state index contributed by atoms with van der Waals surface area (Å²) in [6, 6.07) is 12.0. The molecule has 0 aliphatic rings. The number of aryl methyl sites for hydroxylation is 1. The van der Waals surface area contributed by atoms with Gasteiger partial charge in [-0.05, 0) is 73.9 Å². The van der Waals surface area contributed by atoms with Gasteiger partial charge in [0.15, 0.2) is 11.4 Å². The van der Waals surface area contributed by atoms with Crippen molar-refractivity contribution < 1.29 is 18.7 Å². The number of aromatic nitrogens is 5. The predicted molar refractivity (Wildman–Crippen MR) is 247 cm³/mol. The number of nitrogens with one attached hydrogen (secondary N) is 1. The zero-order valence-electron chi connectivity index (χ0n) is 38.6. The number of ether oxygens (including phenoxy) is 2. The second-order valence-corrected chi connectivity index (χ2v) is 14.7. The Morgan fingerprint density at radius 1 is 0.831 bits per heavy atom. The van der Waals surface area contributed by atoms with Gasteiger partial charge >= 0.3 is 0 Å². The number of ketones is 1. The average molecular weight is 815 g/mol. The highest BCUT2D eigenvalue weighted by Gasteiger charge is 2.17. The molecule has 0 fully saturated rings. The molecular weight excluding hydrogens is 740 g/mol. The number of allylic oxidation sites excluding steroid dienone is 2. The Morgan fingerprint density at radius 3 is 2.12 bits per heavy atom. The molecule has 5 rings (SSSR count). The molecule has 0 radical (unpaired) electrons. The summed E-state index contributed by atoms with van der Waals surface area (Å²) in [5.41, 5.74) is 2.60. The monoisotopic (exact) mass is 815 g/mol. The second kappa shape index (κ2) is 30.2. The molecule has 0 bridgehead atoms. The van der Waals surface area contributed by atoms with E-state index < -0.39 is 5.82 Å². The van der Waals surface area contributed by atoms with Crippen LogP contribution in [0.3, 0.4) is 0 Å². The van der Waals surface area contributed by atoms with Crippen LogP contribution in [0.4, 0.5) is 15.9 Å². The van der Waals surface area contributed by atoms with E-state index in [9.17, 15) is 4.79 Å². The first kappa shape index (κ1) is 52.2. The number of anilines is 2. The number of carbonyl (C=O) groups excluding carboxylic acids is 1. The third-order valence-corrected chi connectivity index (χ3v) is 9.47. The van der Waals surface area contributed by atoms with Gasteiger partial charge in [-0.1, -0.05) is 134 Å². The molecule has 0 saturated heterocycles. The maximum atomic E-state index is 15.2. The SMILES string of the molecule is CC.CC/C=C/C(=O)C(C)CC.CCC(C)CC(C)COc1c(C)ccc2ncnc(Nc3ccc(Oc4ccn5ncnc5c4)cc3F)c12.CCCC.CCCCC. The molecule has 0 saturated carbocycles. The molecule has 0 amide bonds. The van der Waals surface area contributed by atoms with Gasteiger partial charge in [0.25, 0.3) is 0 Å². The number of nitrogens with zero attached hydrogens (tertiary/aromatic N) is 5. The van der Waals surface area contributed by atoms with Crippen molar-refractivity contribution in [2.75, 3.05) is 11.9 Å². The van der Waals surface area contributed by atoms with Crippen LogP contribution in [0, 0.1) is 30.5 Å². The minimum Gasteiger partial charge on any atom is -0.492 e. The molecular formula is C49H75FN6O3. The minimum atomic E-state index is -0.477. The van der Waals surface area contributed by atoms with Crippen LogP contribution in [-0.2, 0) is 4.79 Å². The summed E-state index contributed by atoms with van der Waals surface area (Å²) in [4.78, 5) is 24.0. The van der Waals surface area contributed by atoms with Crippen LogP contribution < -0.4 is 14.8 Å². The van der Waals surface area contributed by atoms with E-state index >= 15 is 4.39 Å². The summed E-state index contributed by atoms with van der Waals surface area (Å²) in [6.45, 7) is 28.0. The number of hydrogen-bond acceptors (Lipinski definition) is 8. The average Bonchev–Trinajstić information content (AvgIpc) is 3.73. The number of halogens is 1. The maximum absolute atomic E-state index is 15.2. The molecule has 3 unspecified atom stereocenters. The first-order valence-corrected chi connectivity index (χ1v) is 22.1. The molecule has 5 aromatic rings. The van der Waals surface area contributed by atoms with Crippen LogP contribution in [0.2, 0.25) is 0 Å². The predicted octanol–water partition coefficient (Wildman–Crippen LogP) is 14.7. The largest absolute Gasteiger partial charge is 0.492 e. The fourth-order valence-electron chi connectivity index (χ4n) is 5.39. The molecule has 0 aliphatic heterocycles. The van der Waals surface area contributed by atoms with Gasteiger partial charge in [-0.15, -0.1) is 0 Å². The number of pyridine rings is 1. The molecule has 326 valence electrons. The summed E-state index contributed by atoms with van der Waals surface area (Å²) < 4.78 is 29.0. The van der Waals surface area contributed by atoms with Gasteiger partial charge in [-0.3, -0.25) is 4.79 Å². The Balaban J connectivity index is 0.000000687. The molecule has 9 nitrogen and oxygen atoms in total. The first-order chi connectivity index (χ1) is 28.5. The van der Waals surface area contributed by atoms with E-state index in [2.05, 4.69) is 73.8 Å². The van der Waals surface area contributed by atoms with E-state index in [0.717, 1.165) is 42.1 Å². The number of fused-ring (bicyclic) bond motifs is 2. The van der Waals surface area contributed by atoms with Crippen molar-refractivity contribution in [2.24, 2.45) is 17.8 Å². The van der Waals surface area contributed by atoms with Crippen molar-refractivity contribution in [3.05, 3.63) is 84.8 Å². The topological polar surface area (TPSA) is 104 Å². The zero-order chi connectivity index (χ0) is 44.2. The molecule has 0 aliphatic carbocycles. The third-order valence-electron chi connectivity index (χ3n) is 9.47. The first-order valence-electron chi connectivity index (χ1n) is 22.1. The Labute approximate surface area is 355 Å². The molecule has 2 aromatic carbocycles. The zero-order valence-corrected chi connectivity index (χ0v) is 38.6. The van der Waals surface area contributed by atoms with Gasteiger partial charge in [0.2, 0.25) is 0 Å². The number of rotatable bonds is 17. The highest BCUT2D eigenvalue weighted by atomic mass is 19.1. The van der Waals surface area contributed by atoms with Gasteiger partial charge in [-0.25, -0.2) is 23.9 Å². The summed E-state index contributed by atoms with van der Waals surface area (Å²) in [7, 11) is 0. The standard InChI is InChI=1S/C29H31FN6O2.C9H16O.C5H12.C4H10.C2H6/c1-5-18(2)12-19(3)15-37-28-20(4)6-8-25-27(28)29(33-16-31-25)35-24-9-7-21(13-23(24)30)38-22-10-11-36-26(14-22)32-17-34-36;1-4-6-7-9(10)8(3)5-2;1-3-5-4-2;1-3-4-2;1-2/h6-11,13-14,16-19H,5,12,15H2,1-4H3,(H,31,33,35);6-8H,4-5H2,1-3H3;3-5H2,1-2H3;3-4H2,1-2H3;1-2H3/b;7-6+;;;. The van der Waals surface area contributed by atoms with Crippen LogP contribution in [0.1, 0.15) is 146 Å². The van der Waals surface area contributed by atoms with Crippen molar-refractivity contribution in [1.82, 2.24) is 24.6 Å². The van der Waals surface area contributed by atoms with E-state index in [1.807, 2.05) is 59.8 Å². The van der Waals surface area contributed by atoms with E-state index in [-0.39, 0.29) is 17.4 Å². The van der Waals surface area contributed by atoms with Gasteiger partial charge in [0.05, 0.1) is 23.2 Å². The Hall–Kier alpha value is -4.86. The van der Waals surface area contributed by atoms with Crippen LogP contribution in [0.25, 0.3) is 16.6 Å². The number of carbonyl (C=O) groups is 1. The van der Waals surface area contributed by atoms with Crippen LogP contribution >= 0.6 is 0 Å². The lowest BCUT2D eigenvalue weighted by molar-refractivity contribution is -0.117. The van der Waals surface area contributed by atoms with E-state index in [1.54, 1.807) is 41.1 Å². The minimum absolute atomic E-state index is 0.197. The number of benzene rings is 2. The summed E-state index contributed by atoms with van der Waals surface area (Å²) >= 11 is 0. The lowest BCUT2D eigenvalue weighted by Crippen LogP contribution is -2.13. The van der Waals surface area contributed by atoms with Gasteiger partial charge in [0.1, 0.15) is 41.5 Å². The molecule has 3 aromatic heterocycles. The molecule has 3 atom stereocenters. The molecule has 59 heavy (non-hydrogen) atoms. The van der Waals surface area contributed by atoms with E-state index in [4.69, 9.17) is 9.47 Å². The van der Waals surface area contributed by atoms with Crippen molar-refractivity contribution in [1.29, 1.82) is 0 Å². The Bertz CT molecular complexity index is 1920. The van der Waals surface area contributed by atoms with Crippen LogP contribution in [0.5, 0.6) is 17.2 Å². The quantitative estimate of drug-likeness (QED) is 0.0926. The van der Waals surface area contributed by atoms with Crippen molar-refractivity contribution in [3.63, 3.8) is 0 Å². The van der Waals surface area contributed by atoms with Gasteiger partial charge in [0, 0.05) is 24.2 Å². The smallest absolute Gasteiger partial charge is 0.158 e. The Morgan fingerprint density at radius 2 is 1.53 bits per heavy atom. The molecule has 0 spiro atoms. The lowest BCUT2D eigenvalue weighted by atomic mass is 9.96. The molecule has 1 N–H and O–H groups in total. The van der Waals surface area contributed by atoms with E-state index in [0.29, 0.717) is 47.2 Å². The highest BCUT2D eigenvalue weighted by Crippen LogP contribution is 2.36. The fourth-order valence-corrected chi connectivity index (χ4v) is 5.39. The summed E-state index contributed by atoms with van der Waals surface area (Å²) in [5.74, 6) is 3.10. The fraction of sp³-hybridized carbons (Fsp3) is 0.531. The maximum Gasteiger partial charge on any atom is 0.158 e.